The molecule has 0 radical (unpaired) electrons. The van der Waals surface area contributed by atoms with Crippen molar-refractivity contribution in [3.05, 3.63) is 18.2 Å². The van der Waals surface area contributed by atoms with E-state index in [-0.39, 0.29) is 25.1 Å². The normalized spacial score (nSPS) is 17.0. The van der Waals surface area contributed by atoms with Gasteiger partial charge in [0.15, 0.2) is 0 Å². The molecule has 0 aliphatic carbocycles. The number of imidazole rings is 1. The van der Waals surface area contributed by atoms with E-state index in [4.69, 9.17) is 9.84 Å². The second-order valence-electron chi connectivity index (χ2n) is 4.08. The summed E-state index contributed by atoms with van der Waals surface area (Å²) in [6.07, 6.45) is 4.99. The predicted octanol–water partition coefficient (Wildman–Crippen LogP) is -0.329. The molecular weight excluding hydrogens is 222 g/mol. The fourth-order valence-electron chi connectivity index (χ4n) is 1.91. The first-order valence-corrected chi connectivity index (χ1v) is 5.77. The van der Waals surface area contributed by atoms with E-state index in [1.165, 1.54) is 0 Å². The minimum Gasteiger partial charge on any atom is -0.388 e. The Kier molecular flexibility index (Phi) is 4.11. The fraction of sp³-hybridized carbons (Fsp3) is 0.636. The van der Waals surface area contributed by atoms with Crippen molar-refractivity contribution in [1.29, 1.82) is 0 Å². The molecule has 0 unspecified atom stereocenters. The molecule has 6 nitrogen and oxygen atoms in total. The topological polar surface area (TPSA) is 76.4 Å². The van der Waals surface area contributed by atoms with Crippen LogP contribution in [0, 0.1) is 0 Å². The largest absolute Gasteiger partial charge is 0.388 e. The Labute approximate surface area is 99.6 Å². The van der Waals surface area contributed by atoms with Crippen LogP contribution in [-0.2, 0) is 22.7 Å². The average molecular weight is 239 g/mol. The van der Waals surface area contributed by atoms with E-state index in [0.29, 0.717) is 19.0 Å². The first-order chi connectivity index (χ1) is 8.29. The molecule has 1 fully saturated rings. The number of nitrogens with zero attached hydrogens (tertiary/aromatic N) is 2. The number of aliphatic hydroxyl groups is 1. The van der Waals surface area contributed by atoms with Gasteiger partial charge in [-0.25, -0.2) is 4.98 Å². The Morgan fingerprint density at radius 1 is 1.59 bits per heavy atom. The Bertz CT molecular complexity index is 372. The third-order valence-electron chi connectivity index (χ3n) is 2.84. The highest BCUT2D eigenvalue weighted by atomic mass is 16.5. The molecule has 94 valence electrons. The van der Waals surface area contributed by atoms with Gasteiger partial charge >= 0.3 is 0 Å². The molecule has 17 heavy (non-hydrogen) atoms. The van der Waals surface area contributed by atoms with E-state index in [0.717, 1.165) is 12.8 Å². The molecule has 2 rings (SSSR count). The molecule has 0 saturated carbocycles. The Morgan fingerprint density at radius 2 is 2.35 bits per heavy atom. The van der Waals surface area contributed by atoms with Crippen molar-refractivity contribution in [1.82, 2.24) is 14.9 Å². The van der Waals surface area contributed by atoms with Crippen molar-refractivity contribution in [2.45, 2.75) is 32.0 Å². The summed E-state index contributed by atoms with van der Waals surface area (Å²) in [5.74, 6) is 0.455. The van der Waals surface area contributed by atoms with Gasteiger partial charge in [0.1, 0.15) is 19.0 Å². The summed E-state index contributed by atoms with van der Waals surface area (Å²) < 4.78 is 6.87. The van der Waals surface area contributed by atoms with Crippen LogP contribution in [0.4, 0.5) is 0 Å². The number of carbonyl (C=O) groups excluding carboxylic acids is 1. The molecule has 0 aromatic carbocycles. The average Bonchev–Trinajstić information content (AvgIpc) is 2.77. The van der Waals surface area contributed by atoms with Gasteiger partial charge < -0.3 is 19.7 Å². The second-order valence-corrected chi connectivity index (χ2v) is 4.08. The van der Waals surface area contributed by atoms with Crippen LogP contribution in [0.15, 0.2) is 12.4 Å². The van der Waals surface area contributed by atoms with Gasteiger partial charge in [0.05, 0.1) is 0 Å². The fourth-order valence-corrected chi connectivity index (χ4v) is 1.91. The van der Waals surface area contributed by atoms with Crippen LogP contribution < -0.4 is 5.32 Å². The van der Waals surface area contributed by atoms with E-state index < -0.39 is 0 Å². The maximum Gasteiger partial charge on any atom is 0.240 e. The van der Waals surface area contributed by atoms with Crippen LogP contribution in [0.2, 0.25) is 0 Å². The van der Waals surface area contributed by atoms with Crippen LogP contribution in [0.25, 0.3) is 0 Å². The number of nitrogens with one attached hydrogen (secondary N) is 1. The number of rotatable bonds is 4. The predicted molar refractivity (Wildman–Crippen MR) is 60.1 cm³/mol. The van der Waals surface area contributed by atoms with Gasteiger partial charge in [0.2, 0.25) is 5.91 Å². The quantitative estimate of drug-likeness (QED) is 0.754. The van der Waals surface area contributed by atoms with Gasteiger partial charge in [-0.2, -0.15) is 0 Å². The first kappa shape index (κ1) is 12.1. The molecule has 0 atom stereocenters. The van der Waals surface area contributed by atoms with E-state index >= 15 is 0 Å². The smallest absolute Gasteiger partial charge is 0.240 e. The summed E-state index contributed by atoms with van der Waals surface area (Å²) in [6, 6.07) is 0.206. The van der Waals surface area contributed by atoms with Crippen LogP contribution in [0.1, 0.15) is 18.7 Å². The van der Waals surface area contributed by atoms with Crippen molar-refractivity contribution in [3.63, 3.8) is 0 Å². The van der Waals surface area contributed by atoms with Crippen molar-refractivity contribution < 1.29 is 14.6 Å². The van der Waals surface area contributed by atoms with Crippen molar-refractivity contribution in [2.24, 2.45) is 0 Å². The second kappa shape index (κ2) is 5.79. The van der Waals surface area contributed by atoms with Crippen LogP contribution in [-0.4, -0.2) is 39.8 Å². The number of hydrogen-bond acceptors (Lipinski definition) is 4. The summed E-state index contributed by atoms with van der Waals surface area (Å²) in [5.41, 5.74) is 0. The van der Waals surface area contributed by atoms with Crippen LogP contribution >= 0.6 is 0 Å². The highest BCUT2D eigenvalue weighted by Crippen LogP contribution is 2.06. The number of aliphatic hydroxyl groups excluding tert-OH is 1. The summed E-state index contributed by atoms with van der Waals surface area (Å²) in [7, 11) is 0. The van der Waals surface area contributed by atoms with E-state index in [2.05, 4.69) is 10.3 Å². The Morgan fingerprint density at radius 3 is 3.06 bits per heavy atom. The number of amides is 1. The zero-order chi connectivity index (χ0) is 12.1. The highest BCUT2D eigenvalue weighted by Gasteiger charge is 2.16. The lowest BCUT2D eigenvalue weighted by molar-refractivity contribution is -0.123. The molecule has 2 N–H and O–H groups in total. The highest BCUT2D eigenvalue weighted by molar-refractivity contribution is 5.76. The molecule has 1 aromatic heterocycles. The molecule has 0 spiro atoms. The third kappa shape index (κ3) is 3.28. The molecule has 1 aliphatic rings. The lowest BCUT2D eigenvalue weighted by atomic mass is 10.1. The first-order valence-electron chi connectivity index (χ1n) is 5.77. The van der Waals surface area contributed by atoms with Crippen molar-refractivity contribution >= 4 is 5.91 Å². The van der Waals surface area contributed by atoms with Crippen LogP contribution in [0.5, 0.6) is 0 Å². The number of ether oxygens (including phenoxy) is 1. The van der Waals surface area contributed by atoms with Crippen LogP contribution in [0.3, 0.4) is 0 Å². The lowest BCUT2D eigenvalue weighted by Gasteiger charge is -2.23. The maximum atomic E-state index is 11.8. The molecule has 2 heterocycles. The lowest BCUT2D eigenvalue weighted by Crippen LogP contribution is -2.40. The van der Waals surface area contributed by atoms with Gasteiger partial charge in [0.25, 0.3) is 0 Å². The zero-order valence-electron chi connectivity index (χ0n) is 9.63. The zero-order valence-corrected chi connectivity index (χ0v) is 9.63. The molecule has 1 saturated heterocycles. The van der Waals surface area contributed by atoms with Gasteiger partial charge in [-0.15, -0.1) is 0 Å². The summed E-state index contributed by atoms with van der Waals surface area (Å²) in [5, 5.41) is 12.0. The molecular formula is C11H17N3O3. The number of aromatic nitrogens is 2. The van der Waals surface area contributed by atoms with Gasteiger partial charge in [-0.3, -0.25) is 4.79 Å². The SMILES string of the molecule is O=C(Cn1ccnc1CO)NC1CCOCC1. The Balaban J connectivity index is 1.84. The van der Waals surface area contributed by atoms with Crippen molar-refractivity contribution in [2.75, 3.05) is 13.2 Å². The van der Waals surface area contributed by atoms with Gasteiger partial charge in [-0.05, 0) is 12.8 Å². The van der Waals surface area contributed by atoms with E-state index in [1.54, 1.807) is 17.0 Å². The summed E-state index contributed by atoms with van der Waals surface area (Å²) >= 11 is 0. The minimum atomic E-state index is -0.155. The number of hydrogen-bond donors (Lipinski definition) is 2. The molecule has 1 aromatic rings. The third-order valence-corrected chi connectivity index (χ3v) is 2.84. The standard InChI is InChI=1S/C11H17N3O3/c15-8-10-12-3-4-14(10)7-11(16)13-9-1-5-17-6-2-9/h3-4,9,15H,1-2,5-8H2,(H,13,16). The minimum absolute atomic E-state index is 0.0513. The molecule has 6 heteroatoms. The molecule has 1 aliphatic heterocycles. The van der Waals surface area contributed by atoms with Gasteiger partial charge in [0, 0.05) is 31.6 Å². The molecule has 1 amide bonds. The Hall–Kier alpha value is -1.40. The monoisotopic (exact) mass is 239 g/mol. The summed E-state index contributed by atoms with van der Waals surface area (Å²) in [4.78, 5) is 15.7. The van der Waals surface area contributed by atoms with E-state index in [9.17, 15) is 4.79 Å². The molecule has 0 bridgehead atoms. The summed E-state index contributed by atoms with van der Waals surface area (Å²) in [6.45, 7) is 1.46. The number of carbonyl (C=O) groups is 1. The van der Waals surface area contributed by atoms with Crippen molar-refractivity contribution in [3.8, 4) is 0 Å². The van der Waals surface area contributed by atoms with Gasteiger partial charge in [-0.1, -0.05) is 0 Å². The maximum absolute atomic E-state index is 11.8. The van der Waals surface area contributed by atoms with E-state index in [1.807, 2.05) is 0 Å².